The number of hydrogen-bond donors (Lipinski definition) is 0. The van der Waals surface area contributed by atoms with Crippen LogP contribution in [0.15, 0.2) is 243 Å². The zero-order valence-electron chi connectivity index (χ0n) is 34.0. The standard InChI is InChI=1S/C60H40N2/c1-3-17-49(18-4-1)61(53-32-22-41-12-7-9-14-46(41)38-53)51-30-24-43(25-31-51)55-34-26-44-29-37-58-56(35-27-45-28-36-57(55)59(44)60(45)58)48-16-11-21-52(40-48)62(50-19-5-2-6-20-50)54-33-23-42-13-8-10-15-47(42)39-54/h1-40H. The molecule has 0 radical (unpaired) electrons. The smallest absolute Gasteiger partial charge is 0.0468 e. The Morgan fingerprint density at radius 2 is 0.597 bits per heavy atom. The van der Waals surface area contributed by atoms with Crippen LogP contribution < -0.4 is 9.80 Å². The van der Waals surface area contributed by atoms with Gasteiger partial charge in [-0.25, -0.2) is 0 Å². The second kappa shape index (κ2) is 14.8. The molecular weight excluding hydrogens is 749 g/mol. The highest BCUT2D eigenvalue weighted by atomic mass is 15.1. The van der Waals surface area contributed by atoms with Crippen molar-refractivity contribution >= 4 is 88.0 Å². The lowest BCUT2D eigenvalue weighted by Crippen LogP contribution is -2.09. The topological polar surface area (TPSA) is 6.48 Å². The minimum atomic E-state index is 1.12. The molecule has 0 bridgehead atoms. The van der Waals surface area contributed by atoms with Crippen molar-refractivity contribution in [1.82, 2.24) is 0 Å². The number of benzene rings is 12. The van der Waals surface area contributed by atoms with Gasteiger partial charge in [0, 0.05) is 34.1 Å². The second-order valence-electron chi connectivity index (χ2n) is 16.2. The summed E-state index contributed by atoms with van der Waals surface area (Å²) in [5.41, 5.74) is 11.6. The van der Waals surface area contributed by atoms with Crippen LogP contribution in [0.4, 0.5) is 34.1 Å². The molecule has 0 saturated heterocycles. The average molecular weight is 789 g/mol. The predicted octanol–water partition coefficient (Wildman–Crippen LogP) is 17.2. The average Bonchev–Trinajstić information content (AvgIpc) is 3.34. The molecule has 12 aromatic carbocycles. The lowest BCUT2D eigenvalue weighted by atomic mass is 9.87. The number of rotatable bonds is 8. The van der Waals surface area contributed by atoms with Gasteiger partial charge in [-0.2, -0.15) is 0 Å². The Hall–Kier alpha value is -8.20. The molecule has 0 amide bonds. The van der Waals surface area contributed by atoms with Crippen LogP contribution in [0.2, 0.25) is 0 Å². The van der Waals surface area contributed by atoms with Gasteiger partial charge in [0.1, 0.15) is 0 Å². The third-order valence-electron chi connectivity index (χ3n) is 12.5. The van der Waals surface area contributed by atoms with Crippen LogP contribution in [0.25, 0.3) is 76.1 Å². The van der Waals surface area contributed by atoms with Crippen molar-refractivity contribution in [3.8, 4) is 22.3 Å². The van der Waals surface area contributed by atoms with Gasteiger partial charge in [-0.3, -0.25) is 0 Å². The molecule has 290 valence electrons. The maximum absolute atomic E-state index is 2.37. The summed E-state index contributed by atoms with van der Waals surface area (Å²) in [4.78, 5) is 4.71. The molecule has 0 aliphatic carbocycles. The van der Waals surface area contributed by atoms with Crippen molar-refractivity contribution < 1.29 is 0 Å². The van der Waals surface area contributed by atoms with E-state index in [4.69, 9.17) is 0 Å². The zero-order valence-corrected chi connectivity index (χ0v) is 34.0. The maximum Gasteiger partial charge on any atom is 0.0468 e. The van der Waals surface area contributed by atoms with Gasteiger partial charge >= 0.3 is 0 Å². The van der Waals surface area contributed by atoms with E-state index in [1.165, 1.54) is 76.1 Å². The number of hydrogen-bond acceptors (Lipinski definition) is 2. The van der Waals surface area contributed by atoms with Gasteiger partial charge in [-0.15, -0.1) is 0 Å². The van der Waals surface area contributed by atoms with Gasteiger partial charge in [-0.1, -0.05) is 170 Å². The first-order chi connectivity index (χ1) is 30.7. The van der Waals surface area contributed by atoms with Crippen molar-refractivity contribution in [3.63, 3.8) is 0 Å². The van der Waals surface area contributed by atoms with Crippen LogP contribution in [0.3, 0.4) is 0 Å². The highest BCUT2D eigenvalue weighted by molar-refractivity contribution is 6.27. The molecule has 0 spiro atoms. The largest absolute Gasteiger partial charge is 0.310 e. The highest BCUT2D eigenvalue weighted by Gasteiger charge is 2.19. The first-order valence-electron chi connectivity index (χ1n) is 21.3. The van der Waals surface area contributed by atoms with Crippen LogP contribution in [0.5, 0.6) is 0 Å². The van der Waals surface area contributed by atoms with Crippen LogP contribution in [0, 0.1) is 0 Å². The molecule has 0 unspecified atom stereocenters. The summed E-state index contributed by atoms with van der Waals surface area (Å²) < 4.78 is 0. The molecule has 0 N–H and O–H groups in total. The van der Waals surface area contributed by atoms with Gasteiger partial charge in [0.2, 0.25) is 0 Å². The lowest BCUT2D eigenvalue weighted by molar-refractivity contribution is 1.29. The molecule has 2 nitrogen and oxygen atoms in total. The molecule has 0 aromatic heterocycles. The predicted molar refractivity (Wildman–Crippen MR) is 265 cm³/mol. The summed E-state index contributed by atoms with van der Waals surface area (Å²) in [5.74, 6) is 0. The van der Waals surface area contributed by atoms with Gasteiger partial charge in [0.05, 0.1) is 0 Å². The SMILES string of the molecule is c1ccc(N(c2ccc(-c3ccc4ccc5c(-c6cccc(N(c7ccccc7)c7ccc8ccccc8c7)c6)ccc6ccc3c4c65)cc2)c2ccc3ccccc3c2)cc1. The van der Waals surface area contributed by atoms with Crippen LogP contribution >= 0.6 is 0 Å². The molecule has 0 fully saturated rings. The van der Waals surface area contributed by atoms with Crippen molar-refractivity contribution in [2.75, 3.05) is 9.80 Å². The number of anilines is 6. The monoisotopic (exact) mass is 788 g/mol. The minimum Gasteiger partial charge on any atom is -0.310 e. The maximum atomic E-state index is 2.37. The van der Waals surface area contributed by atoms with E-state index in [0.717, 1.165) is 34.1 Å². The summed E-state index contributed by atoms with van der Waals surface area (Å²) >= 11 is 0. The van der Waals surface area contributed by atoms with Crippen molar-refractivity contribution in [2.24, 2.45) is 0 Å². The van der Waals surface area contributed by atoms with E-state index in [1.54, 1.807) is 0 Å². The molecule has 0 saturated carbocycles. The van der Waals surface area contributed by atoms with Crippen molar-refractivity contribution in [2.45, 2.75) is 0 Å². The molecular formula is C60H40N2. The second-order valence-corrected chi connectivity index (χ2v) is 16.2. The zero-order chi connectivity index (χ0) is 41.0. The fourth-order valence-corrected chi connectivity index (χ4v) is 9.59. The third-order valence-corrected chi connectivity index (χ3v) is 12.5. The van der Waals surface area contributed by atoms with E-state index >= 15 is 0 Å². The van der Waals surface area contributed by atoms with E-state index < -0.39 is 0 Å². The van der Waals surface area contributed by atoms with E-state index in [2.05, 4.69) is 252 Å². The Morgan fingerprint density at radius 1 is 0.210 bits per heavy atom. The molecule has 0 aliphatic heterocycles. The summed E-state index contributed by atoms with van der Waals surface area (Å²) in [6.07, 6.45) is 0. The van der Waals surface area contributed by atoms with Gasteiger partial charge in [-0.05, 0) is 149 Å². The molecule has 0 aliphatic rings. The Balaban J connectivity index is 0.954. The molecule has 12 aromatic rings. The third kappa shape index (κ3) is 6.12. The van der Waals surface area contributed by atoms with Gasteiger partial charge in [0.25, 0.3) is 0 Å². The van der Waals surface area contributed by atoms with Gasteiger partial charge in [0.15, 0.2) is 0 Å². The van der Waals surface area contributed by atoms with E-state index in [-0.39, 0.29) is 0 Å². The minimum absolute atomic E-state index is 1.12. The highest BCUT2D eigenvalue weighted by Crippen LogP contribution is 2.45. The van der Waals surface area contributed by atoms with E-state index in [1.807, 2.05) is 0 Å². The first-order valence-corrected chi connectivity index (χ1v) is 21.3. The summed E-state index contributed by atoms with van der Waals surface area (Å²) in [5, 5.41) is 12.6. The van der Waals surface area contributed by atoms with E-state index in [0.29, 0.717) is 0 Å². The Labute approximate surface area is 361 Å². The summed E-state index contributed by atoms with van der Waals surface area (Å²) in [7, 11) is 0. The number of nitrogens with zero attached hydrogens (tertiary/aromatic N) is 2. The summed E-state index contributed by atoms with van der Waals surface area (Å²) in [6, 6.07) is 88.5. The fraction of sp³-hybridized carbons (Fsp3) is 0. The molecule has 0 atom stereocenters. The Bertz CT molecular complexity index is 3580. The normalized spacial score (nSPS) is 11.5. The first kappa shape index (κ1) is 35.7. The van der Waals surface area contributed by atoms with Gasteiger partial charge < -0.3 is 9.80 Å². The fourth-order valence-electron chi connectivity index (χ4n) is 9.59. The molecule has 0 heterocycles. The number of fused-ring (bicyclic) bond motifs is 2. The van der Waals surface area contributed by atoms with Crippen LogP contribution in [0.1, 0.15) is 0 Å². The Morgan fingerprint density at radius 3 is 1.15 bits per heavy atom. The molecule has 2 heteroatoms. The van der Waals surface area contributed by atoms with E-state index in [9.17, 15) is 0 Å². The van der Waals surface area contributed by atoms with Crippen molar-refractivity contribution in [3.05, 3.63) is 243 Å². The van der Waals surface area contributed by atoms with Crippen molar-refractivity contribution in [1.29, 1.82) is 0 Å². The molecule has 62 heavy (non-hydrogen) atoms. The Kier molecular flexibility index (Phi) is 8.53. The van der Waals surface area contributed by atoms with Crippen LogP contribution in [-0.4, -0.2) is 0 Å². The quantitative estimate of drug-likeness (QED) is 0.142. The lowest BCUT2D eigenvalue weighted by Gasteiger charge is -2.26. The summed E-state index contributed by atoms with van der Waals surface area (Å²) in [6.45, 7) is 0. The van der Waals surface area contributed by atoms with Crippen LogP contribution in [-0.2, 0) is 0 Å². The molecule has 12 rings (SSSR count). The number of para-hydroxylation sites is 2.